The number of anilines is 1. The largest absolute Gasteiger partial charge is 0.419 e. The molecule has 0 saturated carbocycles. The van der Waals surface area contributed by atoms with Gasteiger partial charge in [-0.3, -0.25) is 14.2 Å². The maximum Gasteiger partial charge on any atom is 0.419 e. The number of hydrogen-bond donors (Lipinski definition) is 2. The lowest BCUT2D eigenvalue weighted by Crippen LogP contribution is -2.33. The van der Waals surface area contributed by atoms with E-state index in [1.54, 1.807) is 0 Å². The number of alkyl halides is 3. The zero-order chi connectivity index (χ0) is 23.0. The number of rotatable bonds is 5. The number of carbonyl (C=O) groups is 1. The molecule has 0 bridgehead atoms. The Hall–Kier alpha value is -3.48. The molecule has 1 unspecified atom stereocenters. The first-order valence-electron chi connectivity index (χ1n) is 9.83. The van der Waals surface area contributed by atoms with Crippen LogP contribution in [0.5, 0.6) is 0 Å². The number of carbonyl (C=O) groups excluding carboxylic acids is 1. The molecule has 13 heteroatoms. The van der Waals surface area contributed by atoms with Crippen molar-refractivity contribution in [3.8, 4) is 11.3 Å². The van der Waals surface area contributed by atoms with Crippen LogP contribution in [0.2, 0.25) is 0 Å². The Balaban J connectivity index is 1.79. The van der Waals surface area contributed by atoms with E-state index in [1.165, 1.54) is 19.2 Å². The molecule has 170 valence electrons. The minimum atomic E-state index is -4.71. The zero-order valence-corrected chi connectivity index (χ0v) is 17.0. The molecule has 3 aromatic heterocycles. The second kappa shape index (κ2) is 8.22. The molecule has 3 aromatic rings. The van der Waals surface area contributed by atoms with Crippen molar-refractivity contribution in [3.63, 3.8) is 0 Å². The van der Waals surface area contributed by atoms with E-state index in [4.69, 9.17) is 10.5 Å². The molecule has 1 aliphatic rings. The lowest BCUT2D eigenvalue weighted by molar-refractivity contribution is -0.137. The van der Waals surface area contributed by atoms with E-state index in [-0.39, 0.29) is 28.8 Å². The summed E-state index contributed by atoms with van der Waals surface area (Å²) in [7, 11) is 0. The number of nitrogens with zero attached hydrogens (tertiary/aromatic N) is 5. The van der Waals surface area contributed by atoms with Crippen LogP contribution in [0.1, 0.15) is 31.4 Å². The van der Waals surface area contributed by atoms with Crippen molar-refractivity contribution in [2.75, 3.05) is 18.5 Å². The van der Waals surface area contributed by atoms with Gasteiger partial charge in [-0.25, -0.2) is 14.5 Å². The fourth-order valence-corrected chi connectivity index (χ4v) is 3.45. The fourth-order valence-electron chi connectivity index (χ4n) is 3.45. The Kier molecular flexibility index (Phi) is 5.59. The Morgan fingerprint density at radius 3 is 2.72 bits per heavy atom. The summed E-state index contributed by atoms with van der Waals surface area (Å²) in [6.45, 7) is 2.50. The van der Waals surface area contributed by atoms with Gasteiger partial charge in [0, 0.05) is 37.2 Å². The van der Waals surface area contributed by atoms with Crippen molar-refractivity contribution in [1.82, 2.24) is 24.1 Å². The monoisotopic (exact) mass is 451 g/mol. The highest BCUT2D eigenvalue weighted by molar-refractivity contribution is 5.78. The van der Waals surface area contributed by atoms with Crippen molar-refractivity contribution >= 4 is 17.4 Å². The van der Waals surface area contributed by atoms with E-state index >= 15 is 0 Å². The average Bonchev–Trinajstić information content (AvgIpc) is 3.19. The maximum atomic E-state index is 13.7. The van der Waals surface area contributed by atoms with Gasteiger partial charge in [0.15, 0.2) is 0 Å². The number of hydrogen-bond acceptors (Lipinski definition) is 7. The summed E-state index contributed by atoms with van der Waals surface area (Å²) in [5.41, 5.74) is 3.20. The second-order valence-electron chi connectivity index (χ2n) is 7.46. The van der Waals surface area contributed by atoms with E-state index in [0.717, 1.165) is 15.4 Å². The zero-order valence-electron chi connectivity index (χ0n) is 17.0. The highest BCUT2D eigenvalue weighted by Crippen LogP contribution is 2.36. The first-order chi connectivity index (χ1) is 15.1. The van der Waals surface area contributed by atoms with E-state index < -0.39 is 29.2 Å². The van der Waals surface area contributed by atoms with Crippen LogP contribution in [-0.4, -0.2) is 49.3 Å². The third-order valence-corrected chi connectivity index (χ3v) is 5.31. The molecule has 0 aromatic carbocycles. The van der Waals surface area contributed by atoms with Crippen LogP contribution >= 0.6 is 0 Å². The number of amides is 1. The Bertz CT molecular complexity index is 1220. The molecule has 1 fully saturated rings. The molecule has 1 saturated heterocycles. The van der Waals surface area contributed by atoms with Gasteiger partial charge in [0.1, 0.15) is 23.4 Å². The normalized spacial score (nSPS) is 16.2. The van der Waals surface area contributed by atoms with Gasteiger partial charge in [-0.1, -0.05) is 0 Å². The van der Waals surface area contributed by atoms with Crippen molar-refractivity contribution in [2.24, 2.45) is 5.73 Å². The molecule has 1 amide bonds. The molecule has 4 rings (SSSR count). The smallest absolute Gasteiger partial charge is 0.381 e. The SMILES string of the molecule is CC(C(N)=O)n1cnn2cc(-c3nc(NC4CCOCC4)ncc3C(F)(F)F)cc2c1=O. The minimum absolute atomic E-state index is 0.0226. The van der Waals surface area contributed by atoms with E-state index in [0.29, 0.717) is 32.3 Å². The van der Waals surface area contributed by atoms with Gasteiger partial charge < -0.3 is 15.8 Å². The average molecular weight is 451 g/mol. The second-order valence-corrected chi connectivity index (χ2v) is 7.46. The quantitative estimate of drug-likeness (QED) is 0.603. The van der Waals surface area contributed by atoms with Crippen LogP contribution < -0.4 is 16.6 Å². The number of nitrogens with two attached hydrogens (primary N) is 1. The van der Waals surface area contributed by atoms with E-state index in [1.807, 2.05) is 0 Å². The molecule has 4 heterocycles. The van der Waals surface area contributed by atoms with Crippen molar-refractivity contribution < 1.29 is 22.7 Å². The molecule has 1 atom stereocenters. The van der Waals surface area contributed by atoms with E-state index in [2.05, 4.69) is 20.4 Å². The Labute approximate surface area is 179 Å². The highest BCUT2D eigenvalue weighted by Gasteiger charge is 2.36. The molecule has 3 N–H and O–H groups in total. The topological polar surface area (TPSA) is 129 Å². The number of ether oxygens (including phenoxy) is 1. The molecule has 0 aliphatic carbocycles. The van der Waals surface area contributed by atoms with Gasteiger partial charge in [0.2, 0.25) is 11.9 Å². The minimum Gasteiger partial charge on any atom is -0.381 e. The van der Waals surface area contributed by atoms with Crippen LogP contribution in [-0.2, 0) is 15.7 Å². The summed E-state index contributed by atoms with van der Waals surface area (Å²) in [5.74, 6) is -0.702. The molecular formula is C19H20F3N7O3. The standard InChI is InChI=1S/C19H20F3N7O3/c1-10(16(23)30)28-9-25-29-8-11(6-14(29)17(28)31)15-13(19(20,21)22)7-24-18(27-15)26-12-2-4-32-5-3-12/h6-10,12H,2-5H2,1H3,(H2,23,30)(H,24,26,27). The summed E-state index contributed by atoms with van der Waals surface area (Å²) >= 11 is 0. The summed E-state index contributed by atoms with van der Waals surface area (Å²) < 4.78 is 48.4. The first-order valence-corrected chi connectivity index (χ1v) is 9.83. The summed E-state index contributed by atoms with van der Waals surface area (Å²) in [5, 5.41) is 7.06. The summed E-state index contributed by atoms with van der Waals surface area (Å²) in [6.07, 6.45) is -0.264. The number of nitrogens with one attached hydrogen (secondary N) is 1. The van der Waals surface area contributed by atoms with Crippen LogP contribution in [0, 0.1) is 0 Å². The van der Waals surface area contributed by atoms with Gasteiger partial charge in [0.05, 0.1) is 5.69 Å². The number of aromatic nitrogens is 5. The predicted octanol–water partition coefficient (Wildman–Crippen LogP) is 1.61. The van der Waals surface area contributed by atoms with Crippen LogP contribution in [0.25, 0.3) is 16.8 Å². The van der Waals surface area contributed by atoms with Crippen molar-refractivity contribution in [2.45, 2.75) is 38.0 Å². The first kappa shape index (κ1) is 21.7. The molecular weight excluding hydrogens is 431 g/mol. The number of primary amides is 1. The molecule has 0 radical (unpaired) electrons. The third kappa shape index (κ3) is 4.15. The highest BCUT2D eigenvalue weighted by atomic mass is 19.4. The molecule has 10 nitrogen and oxygen atoms in total. The summed E-state index contributed by atoms with van der Waals surface area (Å²) in [4.78, 5) is 32.1. The molecule has 32 heavy (non-hydrogen) atoms. The van der Waals surface area contributed by atoms with Crippen molar-refractivity contribution in [1.29, 1.82) is 0 Å². The Morgan fingerprint density at radius 1 is 1.34 bits per heavy atom. The number of fused-ring (bicyclic) bond motifs is 1. The van der Waals surface area contributed by atoms with Crippen LogP contribution in [0.15, 0.2) is 29.6 Å². The van der Waals surface area contributed by atoms with E-state index in [9.17, 15) is 22.8 Å². The van der Waals surface area contributed by atoms with Gasteiger partial charge in [-0.05, 0) is 25.8 Å². The predicted molar refractivity (Wildman–Crippen MR) is 107 cm³/mol. The molecule has 0 spiro atoms. The Morgan fingerprint density at radius 2 is 2.06 bits per heavy atom. The van der Waals surface area contributed by atoms with Crippen molar-refractivity contribution in [3.05, 3.63) is 40.7 Å². The lowest BCUT2D eigenvalue weighted by atomic mass is 10.1. The maximum absolute atomic E-state index is 13.7. The van der Waals surface area contributed by atoms with Gasteiger partial charge >= 0.3 is 6.18 Å². The summed E-state index contributed by atoms with van der Waals surface area (Å²) in [6, 6.07) is 0.249. The third-order valence-electron chi connectivity index (χ3n) is 5.31. The van der Waals surface area contributed by atoms with Gasteiger partial charge in [-0.15, -0.1) is 0 Å². The fraction of sp³-hybridized carbons (Fsp3) is 0.421. The van der Waals surface area contributed by atoms with Crippen LogP contribution in [0.3, 0.4) is 0 Å². The molecule has 1 aliphatic heterocycles. The van der Waals surface area contributed by atoms with Gasteiger partial charge in [-0.2, -0.15) is 18.3 Å². The van der Waals surface area contributed by atoms with Gasteiger partial charge in [0.25, 0.3) is 5.56 Å². The lowest BCUT2D eigenvalue weighted by Gasteiger charge is -2.23. The van der Waals surface area contributed by atoms with Crippen LogP contribution in [0.4, 0.5) is 19.1 Å². The number of halogens is 3.